The van der Waals surface area contributed by atoms with E-state index in [0.29, 0.717) is 28.4 Å². The Balaban J connectivity index is 1.69. The number of halogens is 5. The van der Waals surface area contributed by atoms with E-state index in [-0.39, 0.29) is 21.3 Å². The molecular weight excluding hydrogens is 590 g/mol. The topological polar surface area (TPSA) is 97.7 Å². The number of thiazole rings is 1. The Morgan fingerprint density at radius 1 is 1.00 bits per heavy atom. The van der Waals surface area contributed by atoms with Crippen molar-refractivity contribution in [1.29, 1.82) is 0 Å². The normalized spacial score (nSPS) is 11.6. The highest BCUT2D eigenvalue weighted by molar-refractivity contribution is 7.92. The number of benzene rings is 2. The van der Waals surface area contributed by atoms with Crippen LogP contribution in [0.25, 0.3) is 32.4 Å². The van der Waals surface area contributed by atoms with Crippen LogP contribution in [0.1, 0.15) is 12.7 Å². The van der Waals surface area contributed by atoms with Gasteiger partial charge in [0.15, 0.2) is 10.7 Å². The first-order chi connectivity index (χ1) is 19.1. The predicted molar refractivity (Wildman–Crippen MR) is 143 cm³/mol. The molecule has 0 aliphatic rings. The number of sulfonamides is 1. The molecule has 7 nitrogen and oxygen atoms in total. The molecule has 1 N–H and O–H groups in total. The van der Waals surface area contributed by atoms with Gasteiger partial charge in [0.05, 0.1) is 28.1 Å². The van der Waals surface area contributed by atoms with Crippen LogP contribution >= 0.6 is 22.9 Å². The van der Waals surface area contributed by atoms with E-state index in [0.717, 1.165) is 41.8 Å². The summed E-state index contributed by atoms with van der Waals surface area (Å²) in [4.78, 5) is 16.1. The minimum Gasteiger partial charge on any atom is -0.276 e. The van der Waals surface area contributed by atoms with Crippen molar-refractivity contribution in [2.45, 2.75) is 18.2 Å². The monoisotopic (exact) mass is 605 g/mol. The van der Waals surface area contributed by atoms with Crippen LogP contribution in [0.4, 0.5) is 23.2 Å². The lowest BCUT2D eigenvalue weighted by molar-refractivity contribution is 0.521. The van der Waals surface area contributed by atoms with E-state index < -0.39 is 43.9 Å². The number of anilines is 1. The second-order valence-electron chi connectivity index (χ2n) is 8.27. The van der Waals surface area contributed by atoms with E-state index in [9.17, 15) is 21.6 Å². The zero-order valence-corrected chi connectivity index (χ0v) is 22.7. The summed E-state index contributed by atoms with van der Waals surface area (Å²) < 4.78 is 86.0. The molecule has 3 aromatic heterocycles. The molecule has 3 heterocycles. The third kappa shape index (κ3) is 5.40. The van der Waals surface area contributed by atoms with E-state index >= 15 is 4.39 Å². The first-order valence-corrected chi connectivity index (χ1v) is 14.2. The van der Waals surface area contributed by atoms with Crippen molar-refractivity contribution >= 4 is 38.6 Å². The Morgan fingerprint density at radius 2 is 1.75 bits per heavy atom. The lowest BCUT2D eigenvalue weighted by Gasteiger charge is -2.13. The molecule has 0 fully saturated rings. The summed E-state index contributed by atoms with van der Waals surface area (Å²) in [6.45, 7) is 1.85. The minimum absolute atomic E-state index is 0.0162. The molecule has 0 unspecified atom stereocenters. The standard InChI is InChI=1S/C26H16ClF4N5O2S2/c1-2-21-33-7-6-19(34-21)24-23(35-26(39-24)13-8-15(28)12-32-11-13)16-9-14(27)10-20(22(16)31)36-40(37,38)25-17(29)4-3-5-18(25)30/h3-12,36H,2H2,1H3. The summed E-state index contributed by atoms with van der Waals surface area (Å²) in [6, 6.07) is 7.47. The van der Waals surface area contributed by atoms with Gasteiger partial charge in [0.2, 0.25) is 0 Å². The number of rotatable bonds is 7. The van der Waals surface area contributed by atoms with Crippen molar-refractivity contribution < 1.29 is 26.0 Å². The van der Waals surface area contributed by atoms with Gasteiger partial charge in [-0.15, -0.1) is 11.3 Å². The lowest BCUT2D eigenvalue weighted by Crippen LogP contribution is -2.17. The molecule has 5 rings (SSSR count). The summed E-state index contributed by atoms with van der Waals surface area (Å²) >= 11 is 7.31. The zero-order valence-electron chi connectivity index (χ0n) is 20.3. The maximum absolute atomic E-state index is 16.0. The van der Waals surface area contributed by atoms with Crippen molar-refractivity contribution in [3.63, 3.8) is 0 Å². The molecule has 14 heteroatoms. The third-order valence-electron chi connectivity index (χ3n) is 5.56. The Labute approximate surface area is 234 Å². The van der Waals surface area contributed by atoms with Gasteiger partial charge < -0.3 is 0 Å². The molecule has 0 amide bonds. The second kappa shape index (κ2) is 10.9. The Morgan fingerprint density at radius 3 is 2.45 bits per heavy atom. The molecular formula is C26H16ClF4N5O2S2. The maximum atomic E-state index is 16.0. The van der Waals surface area contributed by atoms with Gasteiger partial charge in [0, 0.05) is 35.0 Å². The van der Waals surface area contributed by atoms with Crippen molar-refractivity contribution in [3.05, 3.63) is 95.2 Å². The molecule has 2 aromatic carbocycles. The number of nitrogens with zero attached hydrogens (tertiary/aromatic N) is 4. The summed E-state index contributed by atoms with van der Waals surface area (Å²) in [6.07, 6.45) is 4.42. The third-order valence-corrected chi connectivity index (χ3v) is 8.32. The van der Waals surface area contributed by atoms with Crippen LogP contribution in [-0.2, 0) is 16.4 Å². The van der Waals surface area contributed by atoms with Gasteiger partial charge in [-0.1, -0.05) is 24.6 Å². The summed E-state index contributed by atoms with van der Waals surface area (Å²) in [7, 11) is -4.91. The number of hydrogen-bond acceptors (Lipinski definition) is 7. The van der Waals surface area contributed by atoms with E-state index in [1.165, 1.54) is 24.5 Å². The van der Waals surface area contributed by atoms with E-state index in [1.54, 1.807) is 6.07 Å². The number of aromatic nitrogens is 4. The van der Waals surface area contributed by atoms with Crippen molar-refractivity contribution in [2.24, 2.45) is 0 Å². The largest absolute Gasteiger partial charge is 0.276 e. The summed E-state index contributed by atoms with van der Waals surface area (Å²) in [5.74, 6) is -3.96. The fourth-order valence-corrected chi connectivity index (χ4v) is 6.23. The quantitative estimate of drug-likeness (QED) is 0.203. The Bertz CT molecular complexity index is 1850. The van der Waals surface area contributed by atoms with Crippen LogP contribution in [0.15, 0.2) is 66.0 Å². The van der Waals surface area contributed by atoms with Crippen LogP contribution in [0.2, 0.25) is 5.02 Å². The minimum atomic E-state index is -4.91. The van der Waals surface area contributed by atoms with Gasteiger partial charge in [-0.3, -0.25) is 9.71 Å². The predicted octanol–water partition coefficient (Wildman–Crippen LogP) is 6.90. The van der Waals surface area contributed by atoms with Gasteiger partial charge in [-0.05, 0) is 36.4 Å². The molecule has 5 aromatic rings. The lowest BCUT2D eigenvalue weighted by atomic mass is 10.1. The molecule has 0 atom stereocenters. The van der Waals surface area contributed by atoms with Gasteiger partial charge in [0.25, 0.3) is 10.0 Å². The van der Waals surface area contributed by atoms with Crippen LogP contribution in [0.3, 0.4) is 0 Å². The highest BCUT2D eigenvalue weighted by Crippen LogP contribution is 2.43. The number of hydrogen-bond donors (Lipinski definition) is 1. The highest BCUT2D eigenvalue weighted by Gasteiger charge is 2.28. The number of aryl methyl sites for hydroxylation is 1. The Hall–Kier alpha value is -3.94. The maximum Gasteiger partial charge on any atom is 0.267 e. The molecule has 0 saturated carbocycles. The molecule has 40 heavy (non-hydrogen) atoms. The van der Waals surface area contributed by atoms with Crippen LogP contribution in [0, 0.1) is 23.3 Å². The smallest absolute Gasteiger partial charge is 0.267 e. The Kier molecular flexibility index (Phi) is 7.53. The molecule has 204 valence electrons. The van der Waals surface area contributed by atoms with Crippen molar-refractivity contribution in [3.8, 4) is 32.4 Å². The van der Waals surface area contributed by atoms with Gasteiger partial charge >= 0.3 is 0 Å². The van der Waals surface area contributed by atoms with E-state index in [1.807, 2.05) is 11.6 Å². The van der Waals surface area contributed by atoms with Crippen molar-refractivity contribution in [2.75, 3.05) is 4.72 Å². The molecule has 0 aliphatic heterocycles. The van der Waals surface area contributed by atoms with E-state index in [2.05, 4.69) is 19.9 Å². The number of nitrogens with one attached hydrogen (secondary N) is 1. The fraction of sp³-hybridized carbons (Fsp3) is 0.0769. The molecule has 0 bridgehead atoms. The molecule has 0 saturated heterocycles. The summed E-state index contributed by atoms with van der Waals surface area (Å²) in [5, 5.41) is 0.163. The first kappa shape index (κ1) is 27.6. The van der Waals surface area contributed by atoms with Crippen LogP contribution in [0.5, 0.6) is 0 Å². The number of pyridine rings is 1. The molecule has 0 spiro atoms. The average molecular weight is 606 g/mol. The highest BCUT2D eigenvalue weighted by atomic mass is 35.5. The van der Waals surface area contributed by atoms with Crippen molar-refractivity contribution in [1.82, 2.24) is 19.9 Å². The van der Waals surface area contributed by atoms with Gasteiger partial charge in [-0.25, -0.2) is 40.9 Å². The summed E-state index contributed by atoms with van der Waals surface area (Å²) in [5.41, 5.74) is -0.208. The average Bonchev–Trinajstić information content (AvgIpc) is 3.35. The second-order valence-corrected chi connectivity index (χ2v) is 11.3. The van der Waals surface area contributed by atoms with Crippen LogP contribution in [-0.4, -0.2) is 28.4 Å². The zero-order chi connectivity index (χ0) is 28.6. The SMILES string of the molecule is CCc1nccc(-c2sc(-c3cncc(F)c3)nc2-c2cc(Cl)cc(NS(=O)(=O)c3c(F)cccc3F)c2F)n1. The van der Waals surface area contributed by atoms with E-state index in [4.69, 9.17) is 11.6 Å². The first-order valence-electron chi connectivity index (χ1n) is 11.5. The molecule has 0 radical (unpaired) electrons. The van der Waals surface area contributed by atoms with Gasteiger partial charge in [0.1, 0.15) is 28.3 Å². The fourth-order valence-electron chi connectivity index (χ4n) is 3.80. The van der Waals surface area contributed by atoms with Gasteiger partial charge in [-0.2, -0.15) is 0 Å². The molecule has 0 aliphatic carbocycles. The van der Waals surface area contributed by atoms with Crippen LogP contribution < -0.4 is 4.72 Å².